The van der Waals surface area contributed by atoms with Crippen molar-refractivity contribution < 1.29 is 14.7 Å². The van der Waals surface area contributed by atoms with E-state index in [1.807, 2.05) is 6.07 Å². The number of carboxylic acids is 1. The number of nitriles is 1. The highest BCUT2D eigenvalue weighted by Crippen LogP contribution is 2.24. The fraction of sp³-hybridized carbons (Fsp3) is 0.727. The molecule has 1 saturated heterocycles. The topological polar surface area (TPSA) is 107 Å². The summed E-state index contributed by atoms with van der Waals surface area (Å²) < 4.78 is 0. The van der Waals surface area contributed by atoms with Gasteiger partial charge in [-0.15, -0.1) is 0 Å². The summed E-state index contributed by atoms with van der Waals surface area (Å²) in [6, 6.07) is 0.371. The Labute approximate surface area is 100.0 Å². The van der Waals surface area contributed by atoms with Gasteiger partial charge in [0.25, 0.3) is 0 Å². The van der Waals surface area contributed by atoms with Crippen LogP contribution < -0.4 is 5.73 Å². The smallest absolute Gasteiger partial charge is 0.326 e. The zero-order chi connectivity index (χ0) is 13.2. The lowest BCUT2D eigenvalue weighted by atomic mass is 10.0. The summed E-state index contributed by atoms with van der Waals surface area (Å²) >= 11 is 0. The van der Waals surface area contributed by atoms with Gasteiger partial charge in [-0.1, -0.05) is 13.8 Å². The summed E-state index contributed by atoms with van der Waals surface area (Å²) in [5.41, 5.74) is 5.72. The number of nitrogens with zero attached hydrogens (tertiary/aromatic N) is 2. The highest BCUT2D eigenvalue weighted by molar-refractivity contribution is 5.87. The van der Waals surface area contributed by atoms with E-state index in [0.29, 0.717) is 0 Å². The van der Waals surface area contributed by atoms with Crippen molar-refractivity contribution in [2.75, 3.05) is 6.54 Å². The molecular weight excluding hydrogens is 222 g/mol. The molecule has 94 valence electrons. The highest BCUT2D eigenvalue weighted by Gasteiger charge is 2.41. The van der Waals surface area contributed by atoms with Crippen molar-refractivity contribution in [2.24, 2.45) is 17.6 Å². The summed E-state index contributed by atoms with van der Waals surface area (Å²) in [6.45, 7) is 3.76. The Balaban J connectivity index is 2.84. The van der Waals surface area contributed by atoms with E-state index in [1.54, 1.807) is 13.8 Å². The Morgan fingerprint density at radius 3 is 2.53 bits per heavy atom. The second kappa shape index (κ2) is 5.15. The van der Waals surface area contributed by atoms with Crippen molar-refractivity contribution >= 4 is 11.9 Å². The molecule has 1 aliphatic rings. The van der Waals surface area contributed by atoms with Crippen LogP contribution in [0, 0.1) is 23.2 Å². The zero-order valence-electron chi connectivity index (χ0n) is 9.96. The van der Waals surface area contributed by atoms with Crippen LogP contribution in [0.1, 0.15) is 20.3 Å². The summed E-state index contributed by atoms with van der Waals surface area (Å²) in [6.07, 6.45) is 0.183. The lowest BCUT2D eigenvalue weighted by molar-refractivity contribution is -0.149. The van der Waals surface area contributed by atoms with Crippen molar-refractivity contribution in [1.82, 2.24) is 4.90 Å². The first kappa shape index (κ1) is 13.5. The molecule has 0 spiro atoms. The number of rotatable bonds is 3. The van der Waals surface area contributed by atoms with Crippen molar-refractivity contribution in [3.63, 3.8) is 0 Å². The Kier molecular flexibility index (Phi) is 4.07. The fourth-order valence-corrected chi connectivity index (χ4v) is 1.88. The third kappa shape index (κ3) is 2.74. The van der Waals surface area contributed by atoms with E-state index in [0.717, 1.165) is 0 Å². The first-order valence-corrected chi connectivity index (χ1v) is 5.57. The average Bonchev–Trinajstić information content (AvgIpc) is 2.70. The van der Waals surface area contributed by atoms with Crippen LogP contribution in [0.15, 0.2) is 0 Å². The monoisotopic (exact) mass is 239 g/mol. The minimum Gasteiger partial charge on any atom is -0.480 e. The number of amides is 1. The molecular formula is C11H17N3O3. The quantitative estimate of drug-likeness (QED) is 0.708. The molecule has 0 bridgehead atoms. The Bertz CT molecular complexity index is 361. The first-order chi connectivity index (χ1) is 7.88. The third-order valence-corrected chi connectivity index (χ3v) is 3.06. The predicted molar refractivity (Wildman–Crippen MR) is 59.7 cm³/mol. The standard InChI is InChI=1S/C11H17N3O3/c1-6(2)9(13)10(15)14-5-7(4-12)3-8(14)11(16)17/h6-9H,3,5,13H2,1-2H3,(H,16,17)/t7-,8-,9?/m0/s1. The molecule has 6 nitrogen and oxygen atoms in total. The van der Waals surface area contributed by atoms with Crippen LogP contribution in [0.2, 0.25) is 0 Å². The normalized spacial score (nSPS) is 25.7. The van der Waals surface area contributed by atoms with Gasteiger partial charge in [-0.05, 0) is 12.3 Å². The number of carbonyl (C=O) groups is 2. The molecule has 1 aliphatic heterocycles. The molecule has 6 heteroatoms. The SMILES string of the molecule is CC(C)C(N)C(=O)N1C[C@H](C#N)C[C@H]1C(=O)O. The molecule has 1 heterocycles. The highest BCUT2D eigenvalue weighted by atomic mass is 16.4. The Hall–Kier alpha value is -1.61. The van der Waals surface area contributed by atoms with Crippen molar-refractivity contribution in [3.05, 3.63) is 0 Å². The Morgan fingerprint density at radius 1 is 1.53 bits per heavy atom. The van der Waals surface area contributed by atoms with Crippen LogP contribution in [0.4, 0.5) is 0 Å². The van der Waals surface area contributed by atoms with Gasteiger partial charge in [0.2, 0.25) is 5.91 Å². The molecule has 0 aromatic carbocycles. The molecule has 0 aromatic heterocycles. The Morgan fingerprint density at radius 2 is 2.12 bits per heavy atom. The molecule has 3 atom stereocenters. The van der Waals surface area contributed by atoms with Gasteiger partial charge in [-0.3, -0.25) is 4.79 Å². The molecule has 0 aliphatic carbocycles. The number of likely N-dealkylation sites (tertiary alicyclic amines) is 1. The van der Waals surface area contributed by atoms with Gasteiger partial charge in [0.15, 0.2) is 0 Å². The summed E-state index contributed by atoms with van der Waals surface area (Å²) in [5, 5.41) is 17.8. The van der Waals surface area contributed by atoms with Crippen molar-refractivity contribution in [2.45, 2.75) is 32.4 Å². The van der Waals surface area contributed by atoms with E-state index in [1.165, 1.54) is 4.90 Å². The number of nitrogens with two attached hydrogens (primary N) is 1. The molecule has 1 amide bonds. The number of hydrogen-bond acceptors (Lipinski definition) is 4. The maximum absolute atomic E-state index is 12.0. The van der Waals surface area contributed by atoms with E-state index in [-0.39, 0.29) is 24.8 Å². The third-order valence-electron chi connectivity index (χ3n) is 3.06. The minimum absolute atomic E-state index is 0.0573. The van der Waals surface area contributed by atoms with Crippen molar-refractivity contribution in [3.8, 4) is 6.07 Å². The molecule has 1 rings (SSSR count). The second-order valence-electron chi connectivity index (χ2n) is 4.68. The van der Waals surface area contributed by atoms with Gasteiger partial charge in [0.1, 0.15) is 6.04 Å². The minimum atomic E-state index is -1.08. The maximum atomic E-state index is 12.0. The lowest BCUT2D eigenvalue weighted by Crippen LogP contribution is -2.50. The largest absolute Gasteiger partial charge is 0.480 e. The predicted octanol–water partition coefficient (Wildman–Crippen LogP) is -0.205. The first-order valence-electron chi connectivity index (χ1n) is 5.57. The fourth-order valence-electron chi connectivity index (χ4n) is 1.88. The zero-order valence-corrected chi connectivity index (χ0v) is 9.96. The van der Waals surface area contributed by atoms with E-state index in [9.17, 15) is 9.59 Å². The molecule has 17 heavy (non-hydrogen) atoms. The van der Waals surface area contributed by atoms with Crippen LogP contribution in [0.25, 0.3) is 0 Å². The summed E-state index contributed by atoms with van der Waals surface area (Å²) in [7, 11) is 0. The molecule has 1 fully saturated rings. The van der Waals surface area contributed by atoms with Crippen molar-refractivity contribution in [1.29, 1.82) is 5.26 Å². The molecule has 0 radical (unpaired) electrons. The van der Waals surface area contributed by atoms with Gasteiger partial charge < -0.3 is 15.7 Å². The molecule has 0 aromatic rings. The number of carboxylic acid groups (broad SMARTS) is 1. The summed E-state index contributed by atoms with van der Waals surface area (Å²) in [4.78, 5) is 24.2. The van der Waals surface area contributed by atoms with E-state index in [4.69, 9.17) is 16.1 Å². The average molecular weight is 239 g/mol. The molecule has 3 N–H and O–H groups in total. The van der Waals surface area contributed by atoms with Gasteiger partial charge in [0.05, 0.1) is 18.0 Å². The van der Waals surface area contributed by atoms with Gasteiger partial charge in [-0.2, -0.15) is 5.26 Å². The lowest BCUT2D eigenvalue weighted by Gasteiger charge is -2.26. The van der Waals surface area contributed by atoms with Crippen LogP contribution in [0.5, 0.6) is 0 Å². The van der Waals surface area contributed by atoms with Gasteiger partial charge in [0, 0.05) is 6.54 Å². The van der Waals surface area contributed by atoms with Crippen LogP contribution >= 0.6 is 0 Å². The number of hydrogen-bond donors (Lipinski definition) is 2. The van der Waals surface area contributed by atoms with E-state index >= 15 is 0 Å². The van der Waals surface area contributed by atoms with Crippen LogP contribution in [0.3, 0.4) is 0 Å². The second-order valence-corrected chi connectivity index (χ2v) is 4.68. The number of carbonyl (C=O) groups excluding carboxylic acids is 1. The number of aliphatic carboxylic acids is 1. The summed E-state index contributed by atoms with van der Waals surface area (Å²) in [5.74, 6) is -1.94. The van der Waals surface area contributed by atoms with E-state index in [2.05, 4.69) is 0 Å². The van der Waals surface area contributed by atoms with E-state index < -0.39 is 24.0 Å². The van der Waals surface area contributed by atoms with Gasteiger partial charge >= 0.3 is 5.97 Å². The molecule has 1 unspecified atom stereocenters. The molecule has 0 saturated carbocycles. The maximum Gasteiger partial charge on any atom is 0.326 e. The van der Waals surface area contributed by atoms with Crippen LogP contribution in [-0.2, 0) is 9.59 Å². The van der Waals surface area contributed by atoms with Crippen LogP contribution in [-0.4, -0.2) is 40.5 Å². The van der Waals surface area contributed by atoms with Gasteiger partial charge in [-0.25, -0.2) is 4.79 Å².